The molecule has 2 aromatic carbocycles. The molecular formula is C18H19F2NO. The van der Waals surface area contributed by atoms with E-state index < -0.39 is 11.6 Å². The van der Waals surface area contributed by atoms with Crippen molar-refractivity contribution in [2.24, 2.45) is 0 Å². The fourth-order valence-corrected chi connectivity index (χ4v) is 2.85. The molecule has 3 rings (SSSR count). The van der Waals surface area contributed by atoms with Crippen LogP contribution in [-0.4, -0.2) is 13.2 Å². The molecule has 1 aliphatic heterocycles. The van der Waals surface area contributed by atoms with E-state index in [9.17, 15) is 8.78 Å². The summed E-state index contributed by atoms with van der Waals surface area (Å²) in [5.74, 6) is -0.817. The molecule has 0 unspecified atom stereocenters. The fourth-order valence-electron chi connectivity index (χ4n) is 2.85. The molecule has 0 amide bonds. The first kappa shape index (κ1) is 15.0. The predicted octanol–water partition coefficient (Wildman–Crippen LogP) is 3.62. The zero-order valence-corrected chi connectivity index (χ0v) is 12.4. The Morgan fingerprint density at radius 3 is 2.73 bits per heavy atom. The average molecular weight is 303 g/mol. The molecule has 0 atom stereocenters. The van der Waals surface area contributed by atoms with Gasteiger partial charge in [-0.2, -0.15) is 0 Å². The lowest BCUT2D eigenvalue weighted by molar-refractivity contribution is 0.270. The van der Waals surface area contributed by atoms with Crippen LogP contribution in [0.1, 0.15) is 23.1 Å². The molecule has 1 heterocycles. The lowest BCUT2D eigenvalue weighted by Gasteiger charge is -2.21. The molecule has 4 heteroatoms. The van der Waals surface area contributed by atoms with Gasteiger partial charge < -0.3 is 10.1 Å². The summed E-state index contributed by atoms with van der Waals surface area (Å²) in [4.78, 5) is 0. The van der Waals surface area contributed by atoms with E-state index in [1.165, 1.54) is 5.56 Å². The summed E-state index contributed by atoms with van der Waals surface area (Å²) in [6.07, 6.45) is 2.02. The number of rotatable bonds is 5. The number of ether oxygens (including phenoxy) is 1. The molecule has 22 heavy (non-hydrogen) atoms. The molecule has 0 aliphatic carbocycles. The van der Waals surface area contributed by atoms with E-state index >= 15 is 0 Å². The van der Waals surface area contributed by atoms with Gasteiger partial charge in [0.15, 0.2) is 11.6 Å². The van der Waals surface area contributed by atoms with Gasteiger partial charge in [0, 0.05) is 18.2 Å². The van der Waals surface area contributed by atoms with Crippen LogP contribution >= 0.6 is 0 Å². The van der Waals surface area contributed by atoms with E-state index in [4.69, 9.17) is 4.74 Å². The van der Waals surface area contributed by atoms with Crippen molar-refractivity contribution in [3.8, 4) is 5.75 Å². The number of hydrogen-bond acceptors (Lipinski definition) is 2. The molecular weight excluding hydrogens is 284 g/mol. The minimum absolute atomic E-state index is 0.241. The molecule has 0 bridgehead atoms. The van der Waals surface area contributed by atoms with Crippen LogP contribution in [0.3, 0.4) is 0 Å². The van der Waals surface area contributed by atoms with Crippen LogP contribution < -0.4 is 10.1 Å². The van der Waals surface area contributed by atoms with Gasteiger partial charge in [0.2, 0.25) is 0 Å². The minimum Gasteiger partial charge on any atom is -0.490 e. The maximum atomic E-state index is 14.1. The summed E-state index contributed by atoms with van der Waals surface area (Å²) in [5, 5.41) is 3.30. The second-order valence-electron chi connectivity index (χ2n) is 5.49. The Bertz CT molecular complexity index is 643. The van der Waals surface area contributed by atoms with Crippen molar-refractivity contribution in [1.29, 1.82) is 0 Å². The van der Waals surface area contributed by atoms with Gasteiger partial charge in [0.25, 0.3) is 0 Å². The zero-order valence-electron chi connectivity index (χ0n) is 12.4. The van der Waals surface area contributed by atoms with Crippen LogP contribution in [0.15, 0.2) is 36.4 Å². The van der Waals surface area contributed by atoms with Crippen LogP contribution in [0.5, 0.6) is 5.75 Å². The Morgan fingerprint density at radius 1 is 1.09 bits per heavy atom. The summed E-state index contributed by atoms with van der Waals surface area (Å²) < 4.78 is 33.2. The molecule has 0 saturated heterocycles. The normalized spacial score (nSPS) is 13.5. The smallest absolute Gasteiger partial charge is 0.168 e. The van der Waals surface area contributed by atoms with Gasteiger partial charge in [-0.3, -0.25) is 0 Å². The first-order valence-electron chi connectivity index (χ1n) is 7.63. The minimum atomic E-state index is -0.590. The topological polar surface area (TPSA) is 21.3 Å². The fraction of sp³-hybridized carbons (Fsp3) is 0.333. The molecule has 0 radical (unpaired) electrons. The van der Waals surface area contributed by atoms with E-state index in [0.29, 0.717) is 37.1 Å². The highest BCUT2D eigenvalue weighted by Crippen LogP contribution is 2.32. The number of fused-ring (bicyclic) bond motifs is 1. The van der Waals surface area contributed by atoms with Gasteiger partial charge in [0.05, 0.1) is 6.61 Å². The van der Waals surface area contributed by atoms with Crippen LogP contribution in [0, 0.1) is 11.6 Å². The standard InChI is InChI=1S/C18H19F2NO/c19-16-11-17(20)18-15(7-4-10-22-18)14(16)8-9-21-12-13-5-2-1-3-6-13/h1-3,5-6,11,21H,4,7-10,12H2. The SMILES string of the molecule is Fc1cc(F)c2c(c1CCNCc1ccccc1)CCCO2. The van der Waals surface area contributed by atoms with E-state index in [0.717, 1.165) is 19.0 Å². The van der Waals surface area contributed by atoms with Crippen molar-refractivity contribution in [1.82, 2.24) is 5.32 Å². The van der Waals surface area contributed by atoms with Gasteiger partial charge in [0.1, 0.15) is 5.82 Å². The lowest BCUT2D eigenvalue weighted by atomic mass is 9.96. The van der Waals surface area contributed by atoms with Crippen LogP contribution in [0.25, 0.3) is 0 Å². The molecule has 2 aromatic rings. The number of benzene rings is 2. The molecule has 116 valence electrons. The van der Waals surface area contributed by atoms with Gasteiger partial charge in [-0.25, -0.2) is 8.78 Å². The summed E-state index contributed by atoms with van der Waals surface area (Å²) in [7, 11) is 0. The Hall–Kier alpha value is -1.94. The molecule has 1 aliphatic rings. The summed E-state index contributed by atoms with van der Waals surface area (Å²) in [6.45, 7) is 1.88. The Balaban J connectivity index is 1.65. The molecule has 0 saturated carbocycles. The first-order valence-corrected chi connectivity index (χ1v) is 7.63. The van der Waals surface area contributed by atoms with Gasteiger partial charge in [-0.05, 0) is 36.9 Å². The largest absolute Gasteiger partial charge is 0.490 e. The molecule has 0 spiro atoms. The van der Waals surface area contributed by atoms with Crippen LogP contribution in [0.2, 0.25) is 0 Å². The highest BCUT2D eigenvalue weighted by molar-refractivity contribution is 5.43. The third-order valence-corrected chi connectivity index (χ3v) is 3.94. The lowest BCUT2D eigenvalue weighted by Crippen LogP contribution is -2.20. The zero-order chi connectivity index (χ0) is 15.4. The van der Waals surface area contributed by atoms with E-state index in [1.54, 1.807) is 0 Å². The van der Waals surface area contributed by atoms with Crippen LogP contribution in [-0.2, 0) is 19.4 Å². The predicted molar refractivity (Wildman–Crippen MR) is 82.0 cm³/mol. The summed E-state index contributed by atoms with van der Waals surface area (Å²) in [6, 6.07) is 11.0. The monoisotopic (exact) mass is 303 g/mol. The van der Waals surface area contributed by atoms with Crippen molar-refractivity contribution in [3.63, 3.8) is 0 Å². The number of halogens is 2. The van der Waals surface area contributed by atoms with Gasteiger partial charge in [-0.15, -0.1) is 0 Å². The van der Waals surface area contributed by atoms with Gasteiger partial charge in [-0.1, -0.05) is 30.3 Å². The van der Waals surface area contributed by atoms with Crippen molar-refractivity contribution in [2.45, 2.75) is 25.8 Å². The summed E-state index contributed by atoms with van der Waals surface area (Å²) in [5.41, 5.74) is 2.47. The second-order valence-corrected chi connectivity index (χ2v) is 5.49. The highest BCUT2D eigenvalue weighted by atomic mass is 19.1. The first-order chi connectivity index (χ1) is 10.8. The second kappa shape index (κ2) is 6.88. The molecule has 1 N–H and O–H groups in total. The third-order valence-electron chi connectivity index (χ3n) is 3.94. The number of hydrogen-bond donors (Lipinski definition) is 1. The maximum Gasteiger partial charge on any atom is 0.168 e. The number of nitrogens with one attached hydrogen (secondary N) is 1. The maximum absolute atomic E-state index is 14.1. The summed E-state index contributed by atoms with van der Waals surface area (Å²) >= 11 is 0. The van der Waals surface area contributed by atoms with Gasteiger partial charge >= 0.3 is 0 Å². The van der Waals surface area contributed by atoms with E-state index in [2.05, 4.69) is 5.32 Å². The van der Waals surface area contributed by atoms with Crippen molar-refractivity contribution < 1.29 is 13.5 Å². The van der Waals surface area contributed by atoms with Crippen molar-refractivity contribution >= 4 is 0 Å². The average Bonchev–Trinajstić information content (AvgIpc) is 2.55. The Labute approximate surface area is 129 Å². The van der Waals surface area contributed by atoms with E-state index in [-0.39, 0.29) is 5.75 Å². The molecule has 0 fully saturated rings. The third kappa shape index (κ3) is 3.28. The Kier molecular flexibility index (Phi) is 4.68. The van der Waals surface area contributed by atoms with Crippen molar-refractivity contribution in [2.75, 3.05) is 13.2 Å². The van der Waals surface area contributed by atoms with Crippen molar-refractivity contribution in [3.05, 3.63) is 64.7 Å². The highest BCUT2D eigenvalue weighted by Gasteiger charge is 2.22. The van der Waals surface area contributed by atoms with Crippen LogP contribution in [0.4, 0.5) is 8.78 Å². The van der Waals surface area contributed by atoms with E-state index in [1.807, 2.05) is 30.3 Å². The molecule has 2 nitrogen and oxygen atoms in total. The quantitative estimate of drug-likeness (QED) is 0.852. The molecule has 0 aromatic heterocycles. The Morgan fingerprint density at radius 2 is 1.91 bits per heavy atom.